The van der Waals surface area contributed by atoms with Gasteiger partial charge in [0, 0.05) is 69.0 Å². The Morgan fingerprint density at radius 3 is 1.79 bits per heavy atom. The molecule has 3 N–H and O–H groups in total. The predicted molar refractivity (Wildman–Crippen MR) is 364 cm³/mol. The number of alkyl halides is 3. The van der Waals surface area contributed by atoms with Crippen LogP contribution in [0.15, 0.2) is 18.2 Å². The highest BCUT2D eigenvalue weighted by Crippen LogP contribution is 2.39. The highest BCUT2D eigenvalue weighted by molar-refractivity contribution is 6.31. The molecule has 3 aliphatic heterocycles. The summed E-state index contributed by atoms with van der Waals surface area (Å²) in [4.78, 5) is 190. The molecule has 552 valence electrons. The van der Waals surface area contributed by atoms with Crippen LogP contribution in [-0.2, 0) is 70.1 Å². The second-order valence-corrected chi connectivity index (χ2v) is 29.9. The van der Waals surface area contributed by atoms with Crippen molar-refractivity contribution in [3.63, 3.8) is 0 Å². The maximum absolute atomic E-state index is 15.5. The van der Waals surface area contributed by atoms with Gasteiger partial charge in [0.15, 0.2) is 0 Å². The third-order valence-electron chi connectivity index (χ3n) is 21.6. The number of fused-ring (bicyclic) bond motifs is 1. The number of nitrogens with one attached hydrogen (secondary N) is 3. The molecular weight excluding hydrogens is 1310 g/mol. The Bertz CT molecular complexity index is 3100. The molecule has 3 aliphatic carbocycles. The molecule has 28 heteroatoms. The number of hydrogen-bond donors (Lipinski definition) is 3. The van der Waals surface area contributed by atoms with Gasteiger partial charge in [-0.1, -0.05) is 110 Å². The molecule has 0 unspecified atom stereocenters. The number of aryl methyl sites for hydroxylation is 1. The minimum Gasteiger partial charge on any atom is -0.343 e. The van der Waals surface area contributed by atoms with Gasteiger partial charge in [-0.3, -0.25) is 57.5 Å². The van der Waals surface area contributed by atoms with Gasteiger partial charge in [0.25, 0.3) is 0 Å². The van der Waals surface area contributed by atoms with Crippen molar-refractivity contribution >= 4 is 82.5 Å². The minimum atomic E-state index is -4.76. The molecule has 12 amide bonds. The molecule has 0 radical (unpaired) electrons. The van der Waals surface area contributed by atoms with Crippen molar-refractivity contribution in [1.29, 1.82) is 0 Å². The van der Waals surface area contributed by atoms with Crippen LogP contribution in [0.1, 0.15) is 180 Å². The van der Waals surface area contributed by atoms with Crippen LogP contribution in [0.4, 0.5) is 13.2 Å². The molecule has 24 nitrogen and oxygen atoms in total. The van der Waals surface area contributed by atoms with Crippen molar-refractivity contribution in [2.24, 2.45) is 23.7 Å². The normalized spacial score (nSPS) is 26.7. The average Bonchev–Trinajstić information content (AvgIpc) is 1.72. The highest BCUT2D eigenvalue weighted by atomic mass is 35.5. The van der Waals surface area contributed by atoms with E-state index in [4.69, 9.17) is 11.6 Å². The van der Waals surface area contributed by atoms with E-state index in [9.17, 15) is 46.7 Å². The third kappa shape index (κ3) is 20.4. The Balaban J connectivity index is 1.27. The molecule has 1 aromatic rings. The number of rotatable bonds is 12. The minimum absolute atomic E-state index is 0.0206. The summed E-state index contributed by atoms with van der Waals surface area (Å²) in [6, 6.07) is -5.51. The lowest BCUT2D eigenvalue weighted by Crippen LogP contribution is -2.64. The van der Waals surface area contributed by atoms with Crippen molar-refractivity contribution in [3.8, 4) is 0 Å². The predicted octanol–water partition coefficient (Wildman–Crippen LogP) is 5.64. The fourth-order valence-corrected chi connectivity index (χ4v) is 15.2. The fraction of sp³-hybridized carbons (Fsp3) is 0.746. The lowest BCUT2D eigenvalue weighted by Gasteiger charge is -2.41. The molecule has 99 heavy (non-hydrogen) atoms. The summed E-state index contributed by atoms with van der Waals surface area (Å²) in [5.74, 6) is -8.30. The van der Waals surface area contributed by atoms with Crippen LogP contribution < -0.4 is 16.0 Å². The van der Waals surface area contributed by atoms with Crippen molar-refractivity contribution in [2.75, 3.05) is 88.6 Å². The molecule has 0 bridgehead atoms. The van der Waals surface area contributed by atoms with E-state index in [0.717, 1.165) is 78.2 Å². The molecule has 3 saturated heterocycles. The van der Waals surface area contributed by atoms with Gasteiger partial charge in [-0.15, -0.1) is 0 Å². The van der Waals surface area contributed by atoms with Crippen LogP contribution >= 0.6 is 11.6 Å². The third-order valence-corrected chi connectivity index (χ3v) is 21.9. The number of benzene rings is 1. The van der Waals surface area contributed by atoms with Crippen LogP contribution in [0.3, 0.4) is 0 Å². The molecular formula is C71H108ClF3N12O12. The second-order valence-electron chi connectivity index (χ2n) is 29.5. The quantitative estimate of drug-likeness (QED) is 0.229. The summed E-state index contributed by atoms with van der Waals surface area (Å²) >= 11 is 6.15. The zero-order valence-electron chi connectivity index (χ0n) is 60.0. The van der Waals surface area contributed by atoms with E-state index in [1.165, 1.54) is 79.9 Å². The number of piperidine rings is 1. The smallest absolute Gasteiger partial charge is 0.343 e. The Morgan fingerprint density at radius 1 is 0.606 bits per heavy atom. The van der Waals surface area contributed by atoms with Crippen LogP contribution in [0, 0.1) is 23.7 Å². The number of carbonyl (C=O) groups excluding carboxylic acids is 12. The molecule has 8 atom stereocenters. The summed E-state index contributed by atoms with van der Waals surface area (Å²) in [6.07, 6.45) is 5.38. The van der Waals surface area contributed by atoms with Gasteiger partial charge in [-0.25, -0.2) is 0 Å². The lowest BCUT2D eigenvalue weighted by atomic mass is 9.84. The van der Waals surface area contributed by atoms with Gasteiger partial charge < -0.3 is 60.0 Å². The van der Waals surface area contributed by atoms with E-state index in [1.54, 1.807) is 11.8 Å². The first-order chi connectivity index (χ1) is 46.7. The van der Waals surface area contributed by atoms with Crippen LogP contribution in [0.2, 0.25) is 5.02 Å². The fourth-order valence-electron chi connectivity index (χ4n) is 14.9. The summed E-state index contributed by atoms with van der Waals surface area (Å²) in [5.41, 5.74) is -2.33. The number of likely N-dealkylation sites (N-methyl/N-ethyl adjacent to an activating group) is 7. The van der Waals surface area contributed by atoms with Crippen LogP contribution in [0.5, 0.6) is 0 Å². The molecule has 0 aromatic heterocycles. The van der Waals surface area contributed by atoms with E-state index >= 15 is 24.0 Å². The topological polar surface area (TPSA) is 270 Å². The first kappa shape index (κ1) is 79.3. The first-order valence-corrected chi connectivity index (χ1v) is 36.2. The van der Waals surface area contributed by atoms with Crippen molar-refractivity contribution in [1.82, 2.24) is 60.0 Å². The van der Waals surface area contributed by atoms with Crippen molar-refractivity contribution in [2.45, 2.75) is 229 Å². The lowest BCUT2D eigenvalue weighted by molar-refractivity contribution is -0.155. The standard InChI is InChI=1S/C71H108ClF3N12O12/c1-12-45(4)61-68(98)81(7)42-59(90)79(5)43-60(91)83(9)54(38-46-22-15-13-16-23-46)65(95)80(6)41-57(88)76-51(30-28-47-27-29-49(50(72)37-47)71(73,74)75)64(94)87-35-21-24-52(87)63(93)78-70(31-17-18-32-70)69(99)85(11)55(39-48-25-26-48)66(96)84(10)56(67(97)86-33-19-14-20-34-86)40-58(89)82(8)53(36-44(2)3)62(92)77-61/h27,29,37,44-46,48,51-56,61H,12-26,28,30-36,38-43H2,1-11H3,(H,76,88)(H,77,92)(H,78,93)/t45-,51-,52-,53-,54-,55-,56-,61-/m0/s1. The molecule has 7 rings (SSSR count). The summed E-state index contributed by atoms with van der Waals surface area (Å²) in [7, 11) is 9.96. The van der Waals surface area contributed by atoms with E-state index in [-0.39, 0.29) is 75.7 Å². The largest absolute Gasteiger partial charge is 0.417 e. The summed E-state index contributed by atoms with van der Waals surface area (Å²) in [5, 5.41) is 8.14. The van der Waals surface area contributed by atoms with Crippen LogP contribution in [0.25, 0.3) is 0 Å². The Hall–Kier alpha value is -7.06. The van der Waals surface area contributed by atoms with E-state index in [0.29, 0.717) is 57.2 Å². The Kier molecular flexibility index (Phi) is 28.0. The van der Waals surface area contributed by atoms with Gasteiger partial charge in [-0.05, 0) is 118 Å². The number of hydrogen-bond acceptors (Lipinski definition) is 12. The number of carbonyl (C=O) groups is 12. The molecule has 1 spiro atoms. The molecule has 1 aromatic carbocycles. The average molecular weight is 1410 g/mol. The summed E-state index contributed by atoms with van der Waals surface area (Å²) in [6.45, 7) is 6.45. The van der Waals surface area contributed by atoms with Crippen molar-refractivity contribution in [3.05, 3.63) is 34.3 Å². The SMILES string of the molecule is CC[C@H](C)[C@@H]1NC(=O)[C@H](CC(C)C)N(C)C(=O)C[C@@H](C(=O)N2CCCCC2)N(C)C(=O)[C@H](CC2CC2)N(C)C(=O)C2(CCCC2)NC(=O)[C@@H]2CCCN2C(=O)[C@H](CCc2ccc(C(F)(F)F)c(Cl)c2)NC(=O)CN(C)C(=O)[C@H](CC2CCCCC2)N(C)C(=O)CN(C)C(=O)CN(C)C1=O. The molecule has 3 heterocycles. The van der Waals surface area contributed by atoms with E-state index < -0.39 is 167 Å². The number of amides is 12. The Morgan fingerprint density at radius 2 is 1.19 bits per heavy atom. The zero-order valence-corrected chi connectivity index (χ0v) is 60.8. The summed E-state index contributed by atoms with van der Waals surface area (Å²) < 4.78 is 41.6. The van der Waals surface area contributed by atoms with Gasteiger partial charge in [0.2, 0.25) is 70.9 Å². The molecule has 6 fully saturated rings. The van der Waals surface area contributed by atoms with Gasteiger partial charge in [0.05, 0.1) is 36.6 Å². The van der Waals surface area contributed by atoms with Crippen LogP contribution in [-0.4, -0.2) is 251 Å². The number of halogens is 4. The molecule has 6 aliphatic rings. The Labute approximate surface area is 586 Å². The van der Waals surface area contributed by atoms with E-state index in [2.05, 4.69) is 16.0 Å². The number of nitrogens with zero attached hydrogens (tertiary/aromatic N) is 9. The zero-order chi connectivity index (χ0) is 73.0. The van der Waals surface area contributed by atoms with Gasteiger partial charge in [0.1, 0.15) is 47.8 Å². The monoisotopic (exact) mass is 1410 g/mol. The maximum Gasteiger partial charge on any atom is 0.417 e. The second kappa shape index (κ2) is 35.0. The molecule has 3 saturated carbocycles. The van der Waals surface area contributed by atoms with Gasteiger partial charge >= 0.3 is 6.18 Å². The highest BCUT2D eigenvalue weighted by Gasteiger charge is 2.51. The van der Waals surface area contributed by atoms with Crippen molar-refractivity contribution < 1.29 is 70.7 Å². The number of likely N-dealkylation sites (tertiary alicyclic amines) is 1. The van der Waals surface area contributed by atoms with E-state index in [1.807, 2.05) is 20.8 Å². The van der Waals surface area contributed by atoms with Gasteiger partial charge in [-0.2, -0.15) is 13.2 Å². The first-order valence-electron chi connectivity index (χ1n) is 35.8. The maximum atomic E-state index is 15.5.